The van der Waals surface area contributed by atoms with Crippen molar-refractivity contribution in [2.75, 3.05) is 12.4 Å². The van der Waals surface area contributed by atoms with Crippen LogP contribution in [0.4, 0.5) is 37.8 Å². The molecule has 0 saturated carbocycles. The number of anilines is 2. The van der Waals surface area contributed by atoms with Crippen molar-refractivity contribution in [3.05, 3.63) is 35.7 Å². The van der Waals surface area contributed by atoms with Crippen molar-refractivity contribution in [2.45, 2.75) is 12.4 Å². The molecule has 0 atom stereocenters. The van der Waals surface area contributed by atoms with E-state index in [0.717, 1.165) is 12.1 Å². The largest absolute Gasteiger partial charge is 0.478 e. The quantitative estimate of drug-likeness (QED) is 0.671. The van der Waals surface area contributed by atoms with Crippen molar-refractivity contribution in [3.8, 4) is 5.88 Å². The number of rotatable bonds is 3. The highest BCUT2D eigenvalue weighted by molar-refractivity contribution is 5.73. The molecule has 0 aliphatic rings. The molecule has 2 aromatic heterocycles. The van der Waals surface area contributed by atoms with E-state index >= 15 is 0 Å². The van der Waals surface area contributed by atoms with E-state index in [-0.39, 0.29) is 28.7 Å². The lowest BCUT2D eigenvalue weighted by atomic mass is 10.2. The van der Waals surface area contributed by atoms with Gasteiger partial charge in [0, 0.05) is 5.69 Å². The van der Waals surface area contributed by atoms with E-state index in [2.05, 4.69) is 20.3 Å². The summed E-state index contributed by atoms with van der Waals surface area (Å²) in [6.07, 6.45) is -9.29. The maximum Gasteiger partial charge on any atom is 0.449 e. The number of ether oxygens (including phenoxy) is 1. The van der Waals surface area contributed by atoms with Crippen LogP contribution in [0.15, 0.2) is 24.3 Å². The van der Waals surface area contributed by atoms with Crippen molar-refractivity contribution in [2.24, 2.45) is 0 Å². The second-order valence-electron chi connectivity index (χ2n) is 5.04. The number of benzene rings is 1. The van der Waals surface area contributed by atoms with E-state index in [4.69, 9.17) is 4.74 Å². The molecule has 6 nitrogen and oxygen atoms in total. The third kappa shape index (κ3) is 3.48. The molecule has 26 heavy (non-hydrogen) atoms. The van der Waals surface area contributed by atoms with Crippen LogP contribution in [0.2, 0.25) is 0 Å². The van der Waals surface area contributed by atoms with Crippen LogP contribution >= 0.6 is 0 Å². The number of aromatic amines is 1. The SMILES string of the molecule is COc1nc2nc(C(F)(F)F)[nH]c2nc1Nc1cccc(C(F)(F)F)c1. The Morgan fingerprint density at radius 3 is 2.35 bits per heavy atom. The molecule has 2 heterocycles. The highest BCUT2D eigenvalue weighted by Gasteiger charge is 2.35. The molecule has 0 saturated heterocycles. The molecule has 2 N–H and O–H groups in total. The molecule has 0 amide bonds. The van der Waals surface area contributed by atoms with Crippen molar-refractivity contribution in [3.63, 3.8) is 0 Å². The van der Waals surface area contributed by atoms with E-state index in [0.29, 0.717) is 0 Å². The highest BCUT2D eigenvalue weighted by Crippen LogP contribution is 2.33. The minimum Gasteiger partial charge on any atom is -0.478 e. The third-order valence-electron chi connectivity index (χ3n) is 3.21. The second-order valence-corrected chi connectivity index (χ2v) is 5.04. The zero-order valence-corrected chi connectivity index (χ0v) is 12.8. The number of alkyl halides is 6. The lowest BCUT2D eigenvalue weighted by Gasteiger charge is -2.11. The Labute approximate surface area is 141 Å². The zero-order valence-electron chi connectivity index (χ0n) is 12.8. The average Bonchev–Trinajstić information content (AvgIpc) is 2.96. The molecule has 12 heteroatoms. The number of fused-ring (bicyclic) bond motifs is 1. The number of methoxy groups -OCH3 is 1. The van der Waals surface area contributed by atoms with E-state index in [1.54, 1.807) is 0 Å². The van der Waals surface area contributed by atoms with Gasteiger partial charge in [0.15, 0.2) is 11.5 Å². The standard InChI is InChI=1S/C14H9F6N5O/c1-26-11-10(21-7-4-2-3-6(5-7)13(15,16)17)22-8-9(23-11)25-12(24-8)14(18,19)20/h2-5H,1H3,(H2,21,22,23,24,25). The Bertz CT molecular complexity index is 949. The van der Waals surface area contributed by atoms with Crippen molar-refractivity contribution >= 4 is 22.8 Å². The van der Waals surface area contributed by atoms with Gasteiger partial charge in [-0.3, -0.25) is 0 Å². The summed E-state index contributed by atoms with van der Waals surface area (Å²) >= 11 is 0. The summed E-state index contributed by atoms with van der Waals surface area (Å²) in [4.78, 5) is 12.9. The Kier molecular flexibility index (Phi) is 4.12. The Morgan fingerprint density at radius 1 is 1.00 bits per heavy atom. The summed E-state index contributed by atoms with van der Waals surface area (Å²) < 4.78 is 81.4. The Morgan fingerprint density at radius 2 is 1.73 bits per heavy atom. The number of imidazole rings is 1. The summed E-state index contributed by atoms with van der Waals surface area (Å²) in [6, 6.07) is 4.19. The first-order valence-corrected chi connectivity index (χ1v) is 6.91. The first-order chi connectivity index (χ1) is 12.1. The molecule has 0 spiro atoms. The Balaban J connectivity index is 2.02. The molecule has 1 aromatic carbocycles. The fourth-order valence-corrected chi connectivity index (χ4v) is 2.09. The van der Waals surface area contributed by atoms with Crippen LogP contribution in [0.1, 0.15) is 11.4 Å². The van der Waals surface area contributed by atoms with Crippen LogP contribution in [-0.4, -0.2) is 27.0 Å². The third-order valence-corrected chi connectivity index (χ3v) is 3.21. The van der Waals surface area contributed by atoms with E-state index in [1.807, 2.05) is 4.98 Å². The molecular weight excluding hydrogens is 368 g/mol. The number of halogens is 6. The lowest BCUT2D eigenvalue weighted by Crippen LogP contribution is -2.07. The van der Waals surface area contributed by atoms with E-state index in [1.165, 1.54) is 19.2 Å². The van der Waals surface area contributed by atoms with Gasteiger partial charge >= 0.3 is 12.4 Å². The minimum absolute atomic E-state index is 0.00216. The summed E-state index contributed by atoms with van der Waals surface area (Å²) in [5.41, 5.74) is -1.55. The molecule has 0 aliphatic carbocycles. The molecule has 3 aromatic rings. The van der Waals surface area contributed by atoms with Gasteiger partial charge in [0.05, 0.1) is 12.7 Å². The van der Waals surface area contributed by atoms with Gasteiger partial charge in [-0.1, -0.05) is 6.07 Å². The smallest absolute Gasteiger partial charge is 0.449 e. The topological polar surface area (TPSA) is 75.7 Å². The number of nitrogens with zero attached hydrogens (tertiary/aromatic N) is 3. The Hall–Kier alpha value is -3.05. The predicted molar refractivity (Wildman–Crippen MR) is 78.0 cm³/mol. The molecule has 0 fully saturated rings. The monoisotopic (exact) mass is 377 g/mol. The van der Waals surface area contributed by atoms with Gasteiger partial charge in [-0.25, -0.2) is 9.97 Å². The van der Waals surface area contributed by atoms with Crippen molar-refractivity contribution in [1.82, 2.24) is 19.9 Å². The number of H-pyrrole nitrogens is 1. The average molecular weight is 377 g/mol. The molecule has 0 radical (unpaired) electrons. The van der Waals surface area contributed by atoms with Gasteiger partial charge < -0.3 is 15.0 Å². The summed E-state index contributed by atoms with van der Waals surface area (Å²) in [7, 11) is 1.19. The highest BCUT2D eigenvalue weighted by atomic mass is 19.4. The molecular formula is C14H9F6N5O. The first-order valence-electron chi connectivity index (χ1n) is 6.91. The molecule has 0 aliphatic heterocycles. The van der Waals surface area contributed by atoms with Crippen LogP contribution in [-0.2, 0) is 12.4 Å². The van der Waals surface area contributed by atoms with Crippen LogP contribution in [0.5, 0.6) is 5.88 Å². The number of nitrogens with one attached hydrogen (secondary N) is 2. The fraction of sp³-hybridized carbons (Fsp3) is 0.214. The summed E-state index contributed by atoms with van der Waals surface area (Å²) in [5.74, 6) is -1.70. The predicted octanol–water partition coefficient (Wildman–Crippen LogP) is 4.14. The van der Waals surface area contributed by atoms with Crippen LogP contribution in [0.25, 0.3) is 11.3 Å². The van der Waals surface area contributed by atoms with Gasteiger partial charge in [-0.2, -0.15) is 31.3 Å². The van der Waals surface area contributed by atoms with Gasteiger partial charge in [0.1, 0.15) is 0 Å². The molecule has 0 bridgehead atoms. The van der Waals surface area contributed by atoms with Crippen LogP contribution in [0, 0.1) is 0 Å². The lowest BCUT2D eigenvalue weighted by molar-refractivity contribution is -0.144. The fourth-order valence-electron chi connectivity index (χ4n) is 2.09. The number of hydrogen-bond donors (Lipinski definition) is 2. The minimum atomic E-state index is -4.73. The van der Waals surface area contributed by atoms with Gasteiger partial charge in [-0.05, 0) is 18.2 Å². The normalized spacial score (nSPS) is 12.4. The maximum atomic E-state index is 12.8. The van der Waals surface area contributed by atoms with Gasteiger partial charge in [0.25, 0.3) is 5.88 Å². The van der Waals surface area contributed by atoms with Crippen molar-refractivity contribution in [1.29, 1.82) is 0 Å². The molecule has 3 rings (SSSR count). The van der Waals surface area contributed by atoms with Gasteiger partial charge in [0.2, 0.25) is 11.5 Å². The molecule has 138 valence electrons. The maximum absolute atomic E-state index is 12.8. The van der Waals surface area contributed by atoms with Crippen LogP contribution < -0.4 is 10.1 Å². The van der Waals surface area contributed by atoms with E-state index in [9.17, 15) is 26.3 Å². The second kappa shape index (κ2) is 6.04. The van der Waals surface area contributed by atoms with Crippen molar-refractivity contribution < 1.29 is 31.1 Å². The zero-order chi connectivity index (χ0) is 19.1. The number of hydrogen-bond acceptors (Lipinski definition) is 5. The summed E-state index contributed by atoms with van der Waals surface area (Å²) in [6.45, 7) is 0. The number of aromatic nitrogens is 4. The first kappa shape index (κ1) is 17.8. The van der Waals surface area contributed by atoms with E-state index < -0.39 is 23.7 Å². The van der Waals surface area contributed by atoms with Gasteiger partial charge in [-0.15, -0.1) is 0 Å². The van der Waals surface area contributed by atoms with Crippen LogP contribution in [0.3, 0.4) is 0 Å². The summed E-state index contributed by atoms with van der Waals surface area (Å²) in [5, 5.41) is 2.55. The molecule has 0 unspecified atom stereocenters.